The minimum Gasteiger partial charge on any atom is -0.493 e. The quantitative estimate of drug-likeness (QED) is 0.374. The Morgan fingerprint density at radius 1 is 0.967 bits per heavy atom. The number of carbonyl (C=O) groups is 2. The van der Waals surface area contributed by atoms with Crippen LogP contribution < -0.4 is 10.1 Å². The number of rotatable bonds is 11. The number of aromatic amines is 1. The fraction of sp³-hybridized carbons (Fsp3) is 0.333. The van der Waals surface area contributed by atoms with Crippen LogP contribution in [-0.4, -0.2) is 37.1 Å². The molecule has 0 saturated carbocycles. The van der Waals surface area contributed by atoms with Gasteiger partial charge in [0.1, 0.15) is 5.75 Å². The van der Waals surface area contributed by atoms with Crippen LogP contribution in [0.3, 0.4) is 0 Å². The Hall–Kier alpha value is -3.28. The van der Waals surface area contributed by atoms with Crippen molar-refractivity contribution in [3.8, 4) is 5.75 Å². The van der Waals surface area contributed by atoms with Gasteiger partial charge in [-0.25, -0.2) is 0 Å². The lowest BCUT2D eigenvalue weighted by Crippen LogP contribution is -2.25. The Labute approximate surface area is 176 Å². The lowest BCUT2D eigenvalue weighted by molar-refractivity contribution is -0.140. The summed E-state index contributed by atoms with van der Waals surface area (Å²) in [7, 11) is 1.38. The monoisotopic (exact) mass is 408 g/mol. The highest BCUT2D eigenvalue weighted by atomic mass is 16.5. The molecule has 0 aliphatic rings. The molecule has 1 aromatic heterocycles. The average Bonchev–Trinajstić information content (AvgIpc) is 3.19. The van der Waals surface area contributed by atoms with Crippen LogP contribution in [0.25, 0.3) is 10.9 Å². The number of nitrogens with one attached hydrogen (secondary N) is 2. The second kappa shape index (κ2) is 11.0. The summed E-state index contributed by atoms with van der Waals surface area (Å²) in [5.41, 5.74) is 3.31. The lowest BCUT2D eigenvalue weighted by Gasteiger charge is -2.11. The Morgan fingerprint density at radius 2 is 1.77 bits per heavy atom. The normalized spacial score (nSPS) is 10.7. The van der Waals surface area contributed by atoms with Gasteiger partial charge < -0.3 is 19.8 Å². The van der Waals surface area contributed by atoms with Crippen molar-refractivity contribution < 1.29 is 19.1 Å². The smallest absolute Gasteiger partial charge is 0.305 e. The number of aryl methyl sites for hydroxylation is 1. The minimum absolute atomic E-state index is 0.0235. The van der Waals surface area contributed by atoms with E-state index in [1.54, 1.807) is 0 Å². The molecule has 2 N–H and O–H groups in total. The van der Waals surface area contributed by atoms with Crippen molar-refractivity contribution in [2.75, 3.05) is 20.3 Å². The minimum atomic E-state index is -0.240. The number of methoxy groups -OCH3 is 1. The zero-order chi connectivity index (χ0) is 21.2. The number of ether oxygens (including phenoxy) is 2. The molecule has 0 spiro atoms. The van der Waals surface area contributed by atoms with Crippen LogP contribution in [-0.2, 0) is 27.2 Å². The average molecular weight is 408 g/mol. The van der Waals surface area contributed by atoms with Crippen LogP contribution in [0.2, 0.25) is 0 Å². The fourth-order valence-electron chi connectivity index (χ4n) is 3.36. The maximum Gasteiger partial charge on any atom is 0.305 e. The summed E-state index contributed by atoms with van der Waals surface area (Å²) >= 11 is 0. The number of fused-ring (bicyclic) bond motifs is 1. The van der Waals surface area contributed by atoms with Crippen LogP contribution in [0.15, 0.2) is 54.7 Å². The van der Waals surface area contributed by atoms with Crippen molar-refractivity contribution in [3.05, 3.63) is 65.9 Å². The van der Waals surface area contributed by atoms with Gasteiger partial charge in [-0.3, -0.25) is 9.59 Å². The second-order valence-corrected chi connectivity index (χ2v) is 7.10. The standard InChI is InChI=1S/C24H28N2O4/c1-29-24(28)11-6-16-30-22-10-5-2-7-18(22)12-13-23(27)25-15-14-19-17-26-21-9-4-3-8-20(19)21/h2-5,7-10,17,26H,6,11-16H2,1H3,(H,25,27). The predicted molar refractivity (Wildman–Crippen MR) is 117 cm³/mol. The molecule has 3 rings (SSSR count). The summed E-state index contributed by atoms with van der Waals surface area (Å²) in [6.45, 7) is 1.04. The molecule has 158 valence electrons. The van der Waals surface area contributed by atoms with Crippen LogP contribution in [0.1, 0.15) is 30.4 Å². The van der Waals surface area contributed by atoms with Crippen molar-refractivity contribution in [2.45, 2.75) is 32.1 Å². The van der Waals surface area contributed by atoms with Crippen molar-refractivity contribution in [1.29, 1.82) is 0 Å². The topological polar surface area (TPSA) is 80.4 Å². The highest BCUT2D eigenvalue weighted by molar-refractivity contribution is 5.83. The van der Waals surface area contributed by atoms with Crippen molar-refractivity contribution in [2.24, 2.45) is 0 Å². The molecule has 2 aromatic carbocycles. The van der Waals surface area contributed by atoms with Gasteiger partial charge in [0.05, 0.1) is 13.7 Å². The van der Waals surface area contributed by atoms with Crippen LogP contribution in [0.4, 0.5) is 0 Å². The first kappa shape index (κ1) is 21.4. The molecule has 0 radical (unpaired) electrons. The molecule has 0 fully saturated rings. The number of benzene rings is 2. The highest BCUT2D eigenvalue weighted by Gasteiger charge is 2.08. The molecule has 1 heterocycles. The fourth-order valence-corrected chi connectivity index (χ4v) is 3.36. The molecular formula is C24H28N2O4. The molecule has 6 heteroatoms. The Bertz CT molecular complexity index is 980. The third kappa shape index (κ3) is 6.11. The first-order valence-electron chi connectivity index (χ1n) is 10.3. The lowest BCUT2D eigenvalue weighted by atomic mass is 10.1. The van der Waals surface area contributed by atoms with Gasteiger partial charge >= 0.3 is 5.97 Å². The number of esters is 1. The van der Waals surface area contributed by atoms with Gasteiger partial charge in [0.25, 0.3) is 0 Å². The number of para-hydroxylation sites is 2. The van der Waals surface area contributed by atoms with E-state index in [2.05, 4.69) is 21.1 Å². The molecule has 30 heavy (non-hydrogen) atoms. The van der Waals surface area contributed by atoms with E-state index in [1.165, 1.54) is 18.1 Å². The van der Waals surface area contributed by atoms with Crippen LogP contribution in [0.5, 0.6) is 5.75 Å². The molecule has 1 amide bonds. The number of H-pyrrole nitrogens is 1. The number of hydrogen-bond acceptors (Lipinski definition) is 4. The summed E-state index contributed by atoms with van der Waals surface area (Å²) in [6, 6.07) is 15.9. The summed E-state index contributed by atoms with van der Waals surface area (Å²) in [6.07, 6.45) is 4.72. The third-order valence-corrected chi connectivity index (χ3v) is 5.00. The summed E-state index contributed by atoms with van der Waals surface area (Å²) < 4.78 is 10.4. The number of hydrogen-bond donors (Lipinski definition) is 2. The van der Waals surface area contributed by atoms with Gasteiger partial charge in [0, 0.05) is 36.5 Å². The van der Waals surface area contributed by atoms with E-state index < -0.39 is 0 Å². The zero-order valence-corrected chi connectivity index (χ0v) is 17.3. The van der Waals surface area contributed by atoms with Crippen LogP contribution >= 0.6 is 0 Å². The summed E-state index contributed by atoms with van der Waals surface area (Å²) in [5, 5.41) is 4.20. The second-order valence-electron chi connectivity index (χ2n) is 7.10. The highest BCUT2D eigenvalue weighted by Crippen LogP contribution is 2.20. The Morgan fingerprint density at radius 3 is 2.63 bits per heavy atom. The molecular weight excluding hydrogens is 380 g/mol. The molecule has 0 unspecified atom stereocenters. The zero-order valence-electron chi connectivity index (χ0n) is 17.3. The van der Waals surface area contributed by atoms with E-state index in [4.69, 9.17) is 4.74 Å². The molecule has 0 bridgehead atoms. The molecule has 0 aliphatic carbocycles. The van der Waals surface area contributed by atoms with Crippen LogP contribution in [0, 0.1) is 0 Å². The van der Waals surface area contributed by atoms with Gasteiger partial charge in [-0.2, -0.15) is 0 Å². The Balaban J connectivity index is 1.41. The molecule has 0 atom stereocenters. The van der Waals surface area contributed by atoms with Gasteiger partial charge in [-0.1, -0.05) is 36.4 Å². The van der Waals surface area contributed by atoms with Crippen molar-refractivity contribution in [3.63, 3.8) is 0 Å². The molecule has 3 aromatic rings. The first-order chi connectivity index (χ1) is 14.7. The summed E-state index contributed by atoms with van der Waals surface area (Å²) in [5.74, 6) is 0.542. The number of aromatic nitrogens is 1. The van der Waals surface area contributed by atoms with E-state index in [1.807, 2.05) is 48.7 Å². The van der Waals surface area contributed by atoms with Gasteiger partial charge in [-0.15, -0.1) is 0 Å². The number of carbonyl (C=O) groups excluding carboxylic acids is 2. The summed E-state index contributed by atoms with van der Waals surface area (Å²) in [4.78, 5) is 26.7. The van der Waals surface area contributed by atoms with E-state index in [-0.39, 0.29) is 11.9 Å². The van der Waals surface area contributed by atoms with Gasteiger partial charge in [-0.05, 0) is 42.5 Å². The maximum absolute atomic E-state index is 12.3. The third-order valence-electron chi connectivity index (χ3n) is 5.00. The van der Waals surface area contributed by atoms with E-state index >= 15 is 0 Å². The maximum atomic E-state index is 12.3. The molecule has 0 aliphatic heterocycles. The van der Waals surface area contributed by atoms with E-state index in [0.29, 0.717) is 38.8 Å². The van der Waals surface area contributed by atoms with Gasteiger partial charge in [0.15, 0.2) is 0 Å². The molecule has 0 saturated heterocycles. The Kier molecular flexibility index (Phi) is 7.89. The number of amides is 1. The SMILES string of the molecule is COC(=O)CCCOc1ccccc1CCC(=O)NCCc1c[nH]c2ccccc12. The van der Waals surface area contributed by atoms with Crippen molar-refractivity contribution >= 4 is 22.8 Å². The predicted octanol–water partition coefficient (Wildman–Crippen LogP) is 3.79. The van der Waals surface area contributed by atoms with E-state index in [9.17, 15) is 9.59 Å². The van der Waals surface area contributed by atoms with Crippen molar-refractivity contribution in [1.82, 2.24) is 10.3 Å². The largest absolute Gasteiger partial charge is 0.493 e. The van der Waals surface area contributed by atoms with E-state index in [0.717, 1.165) is 23.3 Å². The molecule has 6 nitrogen and oxygen atoms in total. The van der Waals surface area contributed by atoms with Gasteiger partial charge in [0.2, 0.25) is 5.91 Å². The first-order valence-corrected chi connectivity index (χ1v) is 10.3.